The Bertz CT molecular complexity index is 412. The molecule has 0 aliphatic carbocycles. The van der Waals surface area contributed by atoms with E-state index in [1.54, 1.807) is 4.90 Å². The van der Waals surface area contributed by atoms with Crippen LogP contribution in [-0.2, 0) is 4.79 Å². The maximum atomic E-state index is 12.2. The molecule has 0 radical (unpaired) electrons. The van der Waals surface area contributed by atoms with Gasteiger partial charge in [-0.1, -0.05) is 0 Å². The molecule has 0 aromatic carbocycles. The van der Waals surface area contributed by atoms with Crippen LogP contribution in [0.3, 0.4) is 0 Å². The van der Waals surface area contributed by atoms with Crippen molar-refractivity contribution >= 4 is 23.2 Å². The topological polar surface area (TPSA) is 57.6 Å². The molecular formula is C12H17NO3S. The number of hydrogen-bond donors (Lipinski definition) is 1. The SMILES string of the molecule is Cc1ccsc1C(=O)N(CCC(=O)O)C(C)C. The van der Waals surface area contributed by atoms with Crippen LogP contribution in [0.4, 0.5) is 0 Å². The third kappa shape index (κ3) is 3.56. The molecule has 0 atom stereocenters. The second kappa shape index (κ2) is 5.82. The minimum atomic E-state index is -0.883. The largest absolute Gasteiger partial charge is 0.481 e. The molecule has 1 aromatic rings. The van der Waals surface area contributed by atoms with Crippen LogP contribution >= 0.6 is 11.3 Å². The molecule has 17 heavy (non-hydrogen) atoms. The standard InChI is InChI=1S/C12H17NO3S/c1-8(2)13(6-4-10(14)15)12(16)11-9(3)5-7-17-11/h5,7-8H,4,6H2,1-3H3,(H,14,15). The molecule has 0 aliphatic heterocycles. The van der Waals surface area contributed by atoms with Gasteiger partial charge in [-0.05, 0) is 37.8 Å². The number of amides is 1. The fourth-order valence-corrected chi connectivity index (χ4v) is 2.41. The molecule has 0 saturated carbocycles. The molecular weight excluding hydrogens is 238 g/mol. The molecule has 0 aliphatic rings. The van der Waals surface area contributed by atoms with Crippen LogP contribution in [0.25, 0.3) is 0 Å². The van der Waals surface area contributed by atoms with Crippen molar-refractivity contribution < 1.29 is 14.7 Å². The highest BCUT2D eigenvalue weighted by atomic mass is 32.1. The molecule has 1 rings (SSSR count). The van der Waals surface area contributed by atoms with Crippen molar-refractivity contribution in [1.82, 2.24) is 4.90 Å². The lowest BCUT2D eigenvalue weighted by Crippen LogP contribution is -2.38. The number of carboxylic acid groups (broad SMARTS) is 1. The molecule has 94 valence electrons. The van der Waals surface area contributed by atoms with Crippen LogP contribution in [0.2, 0.25) is 0 Å². The van der Waals surface area contributed by atoms with Gasteiger partial charge in [-0.25, -0.2) is 0 Å². The van der Waals surface area contributed by atoms with E-state index in [0.29, 0.717) is 4.88 Å². The van der Waals surface area contributed by atoms with E-state index in [4.69, 9.17) is 5.11 Å². The lowest BCUT2D eigenvalue weighted by atomic mass is 10.2. The van der Waals surface area contributed by atoms with Gasteiger partial charge in [0.1, 0.15) is 0 Å². The maximum absolute atomic E-state index is 12.2. The number of aryl methyl sites for hydroxylation is 1. The predicted molar refractivity (Wildman–Crippen MR) is 67.5 cm³/mol. The molecule has 0 spiro atoms. The highest BCUT2D eigenvalue weighted by Crippen LogP contribution is 2.19. The Morgan fingerprint density at radius 2 is 2.12 bits per heavy atom. The number of carboxylic acids is 1. The maximum Gasteiger partial charge on any atom is 0.305 e. The van der Waals surface area contributed by atoms with Gasteiger partial charge in [0.25, 0.3) is 5.91 Å². The fourth-order valence-electron chi connectivity index (χ4n) is 1.53. The van der Waals surface area contributed by atoms with Gasteiger partial charge < -0.3 is 10.0 Å². The fraction of sp³-hybridized carbons (Fsp3) is 0.500. The Kier molecular flexibility index (Phi) is 4.69. The summed E-state index contributed by atoms with van der Waals surface area (Å²) in [5, 5.41) is 10.5. The van der Waals surface area contributed by atoms with Gasteiger partial charge in [-0.15, -0.1) is 11.3 Å². The lowest BCUT2D eigenvalue weighted by molar-refractivity contribution is -0.137. The summed E-state index contributed by atoms with van der Waals surface area (Å²) in [4.78, 5) is 25.1. The van der Waals surface area contributed by atoms with Gasteiger partial charge in [-0.2, -0.15) is 0 Å². The van der Waals surface area contributed by atoms with Crippen molar-refractivity contribution in [2.45, 2.75) is 33.2 Å². The monoisotopic (exact) mass is 255 g/mol. The van der Waals surface area contributed by atoms with Gasteiger partial charge >= 0.3 is 5.97 Å². The van der Waals surface area contributed by atoms with Gasteiger partial charge in [0.2, 0.25) is 0 Å². The van der Waals surface area contributed by atoms with Crippen LogP contribution in [0.15, 0.2) is 11.4 Å². The highest BCUT2D eigenvalue weighted by molar-refractivity contribution is 7.12. The quantitative estimate of drug-likeness (QED) is 0.878. The number of hydrogen-bond acceptors (Lipinski definition) is 3. The number of nitrogens with zero attached hydrogens (tertiary/aromatic N) is 1. The van der Waals surface area contributed by atoms with E-state index in [1.807, 2.05) is 32.2 Å². The first-order valence-electron chi connectivity index (χ1n) is 5.50. The summed E-state index contributed by atoms with van der Waals surface area (Å²) in [7, 11) is 0. The summed E-state index contributed by atoms with van der Waals surface area (Å²) in [5.74, 6) is -0.958. The second-order valence-electron chi connectivity index (χ2n) is 4.17. The van der Waals surface area contributed by atoms with E-state index in [2.05, 4.69) is 0 Å². The normalized spacial score (nSPS) is 10.6. The van der Waals surface area contributed by atoms with Gasteiger partial charge in [0, 0.05) is 12.6 Å². The summed E-state index contributed by atoms with van der Waals surface area (Å²) >= 11 is 1.40. The van der Waals surface area contributed by atoms with E-state index in [9.17, 15) is 9.59 Å². The minimum Gasteiger partial charge on any atom is -0.481 e. The summed E-state index contributed by atoms with van der Waals surface area (Å²) < 4.78 is 0. The average Bonchev–Trinajstić information content (AvgIpc) is 2.63. The third-order valence-corrected chi connectivity index (χ3v) is 3.51. The van der Waals surface area contributed by atoms with E-state index in [-0.39, 0.29) is 24.9 Å². The van der Waals surface area contributed by atoms with E-state index in [1.165, 1.54) is 11.3 Å². The van der Waals surface area contributed by atoms with Crippen LogP contribution in [0, 0.1) is 6.92 Å². The second-order valence-corrected chi connectivity index (χ2v) is 5.08. The molecule has 1 aromatic heterocycles. The van der Waals surface area contributed by atoms with Crippen molar-refractivity contribution in [3.63, 3.8) is 0 Å². The zero-order chi connectivity index (χ0) is 13.0. The smallest absolute Gasteiger partial charge is 0.305 e. The Balaban J connectivity index is 2.81. The predicted octanol–water partition coefficient (Wildman–Crippen LogP) is 2.38. The molecule has 0 saturated heterocycles. The highest BCUT2D eigenvalue weighted by Gasteiger charge is 2.21. The minimum absolute atomic E-state index is 0.00310. The molecule has 4 nitrogen and oxygen atoms in total. The molecule has 1 N–H and O–H groups in total. The van der Waals surface area contributed by atoms with E-state index >= 15 is 0 Å². The molecule has 0 unspecified atom stereocenters. The Hall–Kier alpha value is -1.36. The molecule has 1 heterocycles. The van der Waals surface area contributed by atoms with Crippen molar-refractivity contribution in [2.75, 3.05) is 6.54 Å². The lowest BCUT2D eigenvalue weighted by Gasteiger charge is -2.25. The van der Waals surface area contributed by atoms with Crippen molar-refractivity contribution in [2.24, 2.45) is 0 Å². The van der Waals surface area contributed by atoms with Crippen LogP contribution in [0.1, 0.15) is 35.5 Å². The van der Waals surface area contributed by atoms with Crippen molar-refractivity contribution in [3.8, 4) is 0 Å². The van der Waals surface area contributed by atoms with Crippen molar-refractivity contribution in [1.29, 1.82) is 0 Å². The molecule has 5 heteroatoms. The summed E-state index contributed by atoms with van der Waals surface area (Å²) in [5.41, 5.74) is 0.945. The van der Waals surface area contributed by atoms with Gasteiger partial charge in [0.15, 0.2) is 0 Å². The Labute approximate surface area is 105 Å². The molecule has 1 amide bonds. The molecule has 0 fully saturated rings. The Morgan fingerprint density at radius 1 is 1.47 bits per heavy atom. The number of aliphatic carboxylic acids is 1. The first-order chi connectivity index (χ1) is 7.93. The zero-order valence-corrected chi connectivity index (χ0v) is 11.1. The van der Waals surface area contributed by atoms with Gasteiger partial charge in [0.05, 0.1) is 11.3 Å². The summed E-state index contributed by atoms with van der Waals surface area (Å²) in [6, 6.07) is 1.90. The Morgan fingerprint density at radius 3 is 2.53 bits per heavy atom. The first-order valence-corrected chi connectivity index (χ1v) is 6.38. The van der Waals surface area contributed by atoms with Crippen LogP contribution < -0.4 is 0 Å². The first kappa shape index (κ1) is 13.7. The summed E-state index contributed by atoms with van der Waals surface area (Å²) in [6.45, 7) is 5.92. The van der Waals surface area contributed by atoms with Crippen LogP contribution in [0.5, 0.6) is 0 Å². The molecule has 0 bridgehead atoms. The average molecular weight is 255 g/mol. The van der Waals surface area contributed by atoms with Gasteiger partial charge in [-0.3, -0.25) is 9.59 Å². The number of thiophene rings is 1. The summed E-state index contributed by atoms with van der Waals surface area (Å²) in [6.07, 6.45) is -0.0195. The number of rotatable bonds is 5. The number of carbonyl (C=O) groups excluding carboxylic acids is 1. The third-order valence-electron chi connectivity index (χ3n) is 2.51. The van der Waals surface area contributed by atoms with Crippen LogP contribution in [-0.4, -0.2) is 34.5 Å². The number of carbonyl (C=O) groups is 2. The zero-order valence-electron chi connectivity index (χ0n) is 10.3. The van der Waals surface area contributed by atoms with E-state index in [0.717, 1.165) is 5.56 Å². The van der Waals surface area contributed by atoms with Crippen molar-refractivity contribution in [3.05, 3.63) is 21.9 Å². The van der Waals surface area contributed by atoms with E-state index < -0.39 is 5.97 Å².